The van der Waals surface area contributed by atoms with Gasteiger partial charge in [-0.3, -0.25) is 10.1 Å². The second kappa shape index (κ2) is 6.02. The standard InChI is InChI=1S/C12H10Br2N2O2S/c1-7-2-9(13)10(4-11(7)16(17)18)15-5-8-3-12(14)19-6-8/h2-4,6,15H,5H2,1H3. The molecule has 0 saturated heterocycles. The molecular formula is C12H10Br2N2O2S. The highest BCUT2D eigenvalue weighted by atomic mass is 79.9. The van der Waals surface area contributed by atoms with E-state index in [4.69, 9.17) is 0 Å². The molecule has 0 atom stereocenters. The Hall–Kier alpha value is -0.920. The largest absolute Gasteiger partial charge is 0.380 e. The Morgan fingerprint density at radius 2 is 2.11 bits per heavy atom. The Morgan fingerprint density at radius 3 is 2.68 bits per heavy atom. The molecule has 2 rings (SSSR count). The van der Waals surface area contributed by atoms with Crippen LogP contribution in [-0.2, 0) is 6.54 Å². The predicted octanol–water partition coefficient (Wildman–Crippen LogP) is 5.10. The molecule has 0 fully saturated rings. The fraction of sp³-hybridized carbons (Fsp3) is 0.167. The second-order valence-electron chi connectivity index (χ2n) is 3.99. The minimum atomic E-state index is -0.367. The lowest BCUT2D eigenvalue weighted by Gasteiger charge is -2.09. The van der Waals surface area contributed by atoms with E-state index in [1.807, 2.05) is 11.4 Å². The van der Waals surface area contributed by atoms with Crippen molar-refractivity contribution in [1.29, 1.82) is 0 Å². The average molecular weight is 406 g/mol. The van der Waals surface area contributed by atoms with Gasteiger partial charge in [0.2, 0.25) is 0 Å². The summed E-state index contributed by atoms with van der Waals surface area (Å²) in [6.07, 6.45) is 0. The van der Waals surface area contributed by atoms with Gasteiger partial charge in [0, 0.05) is 22.6 Å². The number of thiophene rings is 1. The zero-order chi connectivity index (χ0) is 14.0. The quantitative estimate of drug-likeness (QED) is 0.568. The molecule has 0 bridgehead atoms. The molecule has 0 unspecified atom stereocenters. The van der Waals surface area contributed by atoms with Gasteiger partial charge in [0.25, 0.3) is 5.69 Å². The highest BCUT2D eigenvalue weighted by Gasteiger charge is 2.14. The van der Waals surface area contributed by atoms with Crippen LogP contribution in [0.2, 0.25) is 0 Å². The van der Waals surface area contributed by atoms with Gasteiger partial charge in [-0.05, 0) is 61.9 Å². The summed E-state index contributed by atoms with van der Waals surface area (Å²) in [5.41, 5.74) is 2.62. The number of anilines is 1. The molecule has 4 nitrogen and oxygen atoms in total. The highest BCUT2D eigenvalue weighted by Crippen LogP contribution is 2.31. The van der Waals surface area contributed by atoms with Crippen molar-refractivity contribution in [2.24, 2.45) is 0 Å². The van der Waals surface area contributed by atoms with Crippen molar-refractivity contribution in [2.45, 2.75) is 13.5 Å². The molecule has 2 aromatic rings. The monoisotopic (exact) mass is 404 g/mol. The van der Waals surface area contributed by atoms with Crippen LogP contribution in [0, 0.1) is 17.0 Å². The molecule has 1 aromatic heterocycles. The van der Waals surface area contributed by atoms with Crippen LogP contribution in [0.25, 0.3) is 0 Å². The number of nitro groups is 1. The van der Waals surface area contributed by atoms with E-state index < -0.39 is 0 Å². The number of rotatable bonds is 4. The van der Waals surface area contributed by atoms with Gasteiger partial charge in [-0.2, -0.15) is 0 Å². The van der Waals surface area contributed by atoms with Crippen molar-refractivity contribution in [3.63, 3.8) is 0 Å². The van der Waals surface area contributed by atoms with E-state index in [1.54, 1.807) is 30.4 Å². The summed E-state index contributed by atoms with van der Waals surface area (Å²) in [7, 11) is 0. The maximum Gasteiger partial charge on any atom is 0.274 e. The van der Waals surface area contributed by atoms with Gasteiger partial charge < -0.3 is 5.32 Å². The summed E-state index contributed by atoms with van der Waals surface area (Å²) in [6.45, 7) is 2.35. The van der Waals surface area contributed by atoms with Crippen LogP contribution in [0.4, 0.5) is 11.4 Å². The first-order chi connectivity index (χ1) is 8.97. The molecule has 0 radical (unpaired) electrons. The van der Waals surface area contributed by atoms with E-state index in [-0.39, 0.29) is 10.6 Å². The topological polar surface area (TPSA) is 55.2 Å². The maximum atomic E-state index is 10.9. The molecule has 19 heavy (non-hydrogen) atoms. The Labute approximate surface area is 131 Å². The number of benzene rings is 1. The van der Waals surface area contributed by atoms with E-state index in [1.165, 1.54) is 0 Å². The van der Waals surface area contributed by atoms with E-state index in [0.29, 0.717) is 12.1 Å². The van der Waals surface area contributed by atoms with E-state index in [0.717, 1.165) is 19.5 Å². The molecule has 1 N–H and O–H groups in total. The molecule has 0 spiro atoms. The van der Waals surface area contributed by atoms with E-state index >= 15 is 0 Å². The normalized spacial score (nSPS) is 10.5. The number of nitrogens with zero attached hydrogens (tertiary/aromatic N) is 1. The summed E-state index contributed by atoms with van der Waals surface area (Å²) in [5, 5.41) is 16.2. The predicted molar refractivity (Wildman–Crippen MR) is 84.9 cm³/mol. The van der Waals surface area contributed by atoms with E-state index in [9.17, 15) is 10.1 Å². The van der Waals surface area contributed by atoms with Crippen LogP contribution in [0.1, 0.15) is 11.1 Å². The van der Waals surface area contributed by atoms with Crippen LogP contribution < -0.4 is 5.32 Å². The van der Waals surface area contributed by atoms with Crippen molar-refractivity contribution in [1.82, 2.24) is 0 Å². The van der Waals surface area contributed by atoms with Crippen LogP contribution in [0.3, 0.4) is 0 Å². The van der Waals surface area contributed by atoms with Crippen molar-refractivity contribution < 1.29 is 4.92 Å². The molecule has 1 aromatic carbocycles. The first-order valence-electron chi connectivity index (χ1n) is 5.38. The second-order valence-corrected chi connectivity index (χ2v) is 7.13. The minimum Gasteiger partial charge on any atom is -0.380 e. The number of hydrogen-bond donors (Lipinski definition) is 1. The van der Waals surface area contributed by atoms with Gasteiger partial charge >= 0.3 is 0 Å². The summed E-state index contributed by atoms with van der Waals surface area (Å²) in [5.74, 6) is 0. The first-order valence-corrected chi connectivity index (χ1v) is 7.85. The zero-order valence-corrected chi connectivity index (χ0v) is 13.9. The average Bonchev–Trinajstić information content (AvgIpc) is 2.73. The van der Waals surface area contributed by atoms with Gasteiger partial charge in [0.05, 0.1) is 14.4 Å². The maximum absolute atomic E-state index is 10.9. The van der Waals surface area contributed by atoms with Gasteiger partial charge in [-0.1, -0.05) is 0 Å². The number of nitro benzene ring substituents is 1. The van der Waals surface area contributed by atoms with Gasteiger partial charge in [0.15, 0.2) is 0 Å². The molecule has 1 heterocycles. The summed E-state index contributed by atoms with van der Waals surface area (Å²) in [6, 6.07) is 5.33. The number of halogens is 2. The van der Waals surface area contributed by atoms with Gasteiger partial charge in [-0.15, -0.1) is 11.3 Å². The molecule has 100 valence electrons. The number of hydrogen-bond acceptors (Lipinski definition) is 4. The fourth-order valence-electron chi connectivity index (χ4n) is 1.63. The first kappa shape index (κ1) is 14.5. The Balaban J connectivity index is 2.20. The van der Waals surface area contributed by atoms with Crippen LogP contribution in [0.5, 0.6) is 0 Å². The number of nitrogens with one attached hydrogen (secondary N) is 1. The van der Waals surface area contributed by atoms with Gasteiger partial charge in [0.1, 0.15) is 0 Å². The van der Waals surface area contributed by atoms with Crippen molar-refractivity contribution >= 4 is 54.6 Å². The third-order valence-corrected chi connectivity index (χ3v) is 4.80. The lowest BCUT2D eigenvalue weighted by atomic mass is 10.2. The van der Waals surface area contributed by atoms with Crippen LogP contribution in [-0.4, -0.2) is 4.92 Å². The zero-order valence-electron chi connectivity index (χ0n) is 9.94. The molecule has 0 saturated carbocycles. The molecule has 0 aliphatic rings. The number of aryl methyl sites for hydroxylation is 1. The lowest BCUT2D eigenvalue weighted by Crippen LogP contribution is -2.01. The summed E-state index contributed by atoms with van der Waals surface area (Å²) in [4.78, 5) is 10.6. The Bertz CT molecular complexity index is 628. The SMILES string of the molecule is Cc1cc(Br)c(NCc2csc(Br)c2)cc1[N+](=O)[O-]. The lowest BCUT2D eigenvalue weighted by molar-refractivity contribution is -0.385. The Kier molecular flexibility index (Phi) is 4.59. The third-order valence-electron chi connectivity index (χ3n) is 2.59. The molecule has 0 aliphatic carbocycles. The van der Waals surface area contributed by atoms with E-state index in [2.05, 4.69) is 37.2 Å². The van der Waals surface area contributed by atoms with Crippen molar-refractivity contribution in [3.05, 3.63) is 53.1 Å². The van der Waals surface area contributed by atoms with Crippen LogP contribution >= 0.6 is 43.2 Å². The highest BCUT2D eigenvalue weighted by molar-refractivity contribution is 9.11. The van der Waals surface area contributed by atoms with Crippen LogP contribution in [0.15, 0.2) is 31.8 Å². The molecule has 7 heteroatoms. The summed E-state index contributed by atoms with van der Waals surface area (Å²) < 4.78 is 1.89. The fourth-order valence-corrected chi connectivity index (χ4v) is 3.44. The van der Waals surface area contributed by atoms with Crippen molar-refractivity contribution in [3.8, 4) is 0 Å². The smallest absolute Gasteiger partial charge is 0.274 e. The molecular weight excluding hydrogens is 396 g/mol. The summed E-state index contributed by atoms with van der Waals surface area (Å²) >= 11 is 8.43. The van der Waals surface area contributed by atoms with Gasteiger partial charge in [-0.25, -0.2) is 0 Å². The molecule has 0 aliphatic heterocycles. The Morgan fingerprint density at radius 1 is 1.37 bits per heavy atom. The third kappa shape index (κ3) is 3.55. The minimum absolute atomic E-state index is 0.122. The molecule has 0 amide bonds. The van der Waals surface area contributed by atoms with Crippen molar-refractivity contribution in [2.75, 3.05) is 5.32 Å².